The van der Waals surface area contributed by atoms with Gasteiger partial charge in [-0.1, -0.05) is 34.1 Å². The van der Waals surface area contributed by atoms with E-state index in [0.29, 0.717) is 19.3 Å². The Morgan fingerprint density at radius 1 is 1.00 bits per heavy atom. The summed E-state index contributed by atoms with van der Waals surface area (Å²) in [6.07, 6.45) is 5.13. The Balaban J connectivity index is 3.64. The van der Waals surface area contributed by atoms with Crippen molar-refractivity contribution in [3.63, 3.8) is 0 Å². The molecule has 0 radical (unpaired) electrons. The molecule has 0 aliphatic rings. The van der Waals surface area contributed by atoms with Crippen molar-refractivity contribution >= 4 is 0 Å². The van der Waals surface area contributed by atoms with Crippen LogP contribution in [0.25, 0.3) is 0 Å². The average Bonchev–Trinajstić information content (AvgIpc) is 2.44. The lowest BCUT2D eigenvalue weighted by atomic mass is 9.90. The Labute approximate surface area is 125 Å². The van der Waals surface area contributed by atoms with E-state index in [0.717, 1.165) is 38.9 Å². The van der Waals surface area contributed by atoms with E-state index >= 15 is 0 Å². The van der Waals surface area contributed by atoms with Crippen LogP contribution < -0.4 is 5.32 Å². The molecule has 0 bridgehead atoms. The molecule has 0 aromatic carbocycles. The standard InChI is InChI=1S/C16H35NO3/c1-5-7-10-19-12-13-20-11-8-9-16(6-2,14-18)17-15(3)4/h15,17-18H,5-14H2,1-4H3. The van der Waals surface area contributed by atoms with Gasteiger partial charge in [-0.05, 0) is 25.7 Å². The van der Waals surface area contributed by atoms with E-state index in [4.69, 9.17) is 9.47 Å². The Morgan fingerprint density at radius 2 is 1.60 bits per heavy atom. The normalized spacial score (nSPS) is 14.7. The Morgan fingerprint density at radius 3 is 2.05 bits per heavy atom. The van der Waals surface area contributed by atoms with E-state index in [2.05, 4.69) is 33.0 Å². The van der Waals surface area contributed by atoms with Gasteiger partial charge in [-0.3, -0.25) is 0 Å². The number of nitrogens with one attached hydrogen (secondary N) is 1. The maximum Gasteiger partial charge on any atom is 0.0700 e. The third kappa shape index (κ3) is 9.70. The highest BCUT2D eigenvalue weighted by molar-refractivity contribution is 4.87. The molecular formula is C16H35NO3. The fourth-order valence-electron chi connectivity index (χ4n) is 2.28. The van der Waals surface area contributed by atoms with E-state index in [9.17, 15) is 5.11 Å². The molecule has 2 N–H and O–H groups in total. The molecule has 0 aliphatic heterocycles. The largest absolute Gasteiger partial charge is 0.394 e. The van der Waals surface area contributed by atoms with Crippen LogP contribution in [0.15, 0.2) is 0 Å². The SMILES string of the molecule is CCCCOCCOCCCC(CC)(CO)NC(C)C. The van der Waals surface area contributed by atoms with Gasteiger partial charge in [0.15, 0.2) is 0 Å². The lowest BCUT2D eigenvalue weighted by Crippen LogP contribution is -2.51. The van der Waals surface area contributed by atoms with Crippen molar-refractivity contribution < 1.29 is 14.6 Å². The second-order valence-corrected chi connectivity index (χ2v) is 5.77. The molecule has 122 valence electrons. The second kappa shape index (κ2) is 12.6. The molecule has 0 saturated carbocycles. The fourth-order valence-corrected chi connectivity index (χ4v) is 2.28. The van der Waals surface area contributed by atoms with Crippen LogP contribution in [0.4, 0.5) is 0 Å². The predicted octanol–water partition coefficient (Wildman–Crippen LogP) is 2.74. The van der Waals surface area contributed by atoms with Crippen LogP contribution in [0.5, 0.6) is 0 Å². The van der Waals surface area contributed by atoms with Gasteiger partial charge in [-0.15, -0.1) is 0 Å². The van der Waals surface area contributed by atoms with E-state index in [1.165, 1.54) is 6.42 Å². The summed E-state index contributed by atoms with van der Waals surface area (Å²) in [5, 5.41) is 13.1. The third-order valence-corrected chi connectivity index (χ3v) is 3.53. The topological polar surface area (TPSA) is 50.7 Å². The van der Waals surface area contributed by atoms with Crippen molar-refractivity contribution in [3.8, 4) is 0 Å². The molecule has 4 heteroatoms. The van der Waals surface area contributed by atoms with Gasteiger partial charge in [-0.25, -0.2) is 0 Å². The summed E-state index contributed by atoms with van der Waals surface area (Å²) in [6.45, 7) is 11.6. The number of ether oxygens (including phenoxy) is 2. The van der Waals surface area contributed by atoms with Crippen molar-refractivity contribution in [2.24, 2.45) is 0 Å². The molecular weight excluding hydrogens is 254 g/mol. The Kier molecular flexibility index (Phi) is 12.5. The van der Waals surface area contributed by atoms with Gasteiger partial charge in [-0.2, -0.15) is 0 Å². The van der Waals surface area contributed by atoms with Crippen LogP contribution in [-0.4, -0.2) is 49.7 Å². The Bertz CT molecular complexity index is 206. The number of hydrogen-bond acceptors (Lipinski definition) is 4. The first-order valence-corrected chi connectivity index (χ1v) is 8.14. The molecule has 0 aromatic heterocycles. The van der Waals surface area contributed by atoms with Crippen LogP contribution in [0.3, 0.4) is 0 Å². The highest BCUT2D eigenvalue weighted by Crippen LogP contribution is 2.18. The zero-order valence-corrected chi connectivity index (χ0v) is 13.9. The van der Waals surface area contributed by atoms with Crippen LogP contribution in [0, 0.1) is 0 Å². The summed E-state index contributed by atoms with van der Waals surface area (Å²) in [5.74, 6) is 0. The first kappa shape index (κ1) is 19.8. The zero-order chi connectivity index (χ0) is 15.3. The molecule has 20 heavy (non-hydrogen) atoms. The van der Waals surface area contributed by atoms with Crippen molar-refractivity contribution in [2.75, 3.05) is 33.0 Å². The molecule has 0 aromatic rings. The summed E-state index contributed by atoms with van der Waals surface area (Å²) >= 11 is 0. The fraction of sp³-hybridized carbons (Fsp3) is 1.00. The highest BCUT2D eigenvalue weighted by atomic mass is 16.5. The molecule has 0 amide bonds. The van der Waals surface area contributed by atoms with Crippen LogP contribution in [0.1, 0.15) is 59.8 Å². The zero-order valence-electron chi connectivity index (χ0n) is 13.9. The monoisotopic (exact) mass is 289 g/mol. The number of hydrogen-bond donors (Lipinski definition) is 2. The lowest BCUT2D eigenvalue weighted by Gasteiger charge is -2.34. The molecule has 0 aliphatic carbocycles. The van der Waals surface area contributed by atoms with Crippen molar-refractivity contribution in [2.45, 2.75) is 71.4 Å². The molecule has 1 unspecified atom stereocenters. The number of aliphatic hydroxyl groups excluding tert-OH is 1. The maximum absolute atomic E-state index is 9.63. The van der Waals surface area contributed by atoms with Crippen LogP contribution in [0.2, 0.25) is 0 Å². The first-order chi connectivity index (χ1) is 9.60. The molecule has 0 spiro atoms. The number of aliphatic hydroxyl groups is 1. The summed E-state index contributed by atoms with van der Waals surface area (Å²) in [4.78, 5) is 0. The average molecular weight is 289 g/mol. The van der Waals surface area contributed by atoms with Gasteiger partial charge in [0.1, 0.15) is 0 Å². The summed E-state index contributed by atoms with van der Waals surface area (Å²) in [5.41, 5.74) is -0.158. The van der Waals surface area contributed by atoms with Crippen molar-refractivity contribution in [1.29, 1.82) is 0 Å². The second-order valence-electron chi connectivity index (χ2n) is 5.77. The number of rotatable bonds is 14. The maximum atomic E-state index is 9.63. The quantitative estimate of drug-likeness (QED) is 0.483. The van der Waals surface area contributed by atoms with E-state index in [1.807, 2.05) is 0 Å². The van der Waals surface area contributed by atoms with Gasteiger partial charge < -0.3 is 19.9 Å². The van der Waals surface area contributed by atoms with E-state index in [-0.39, 0.29) is 12.1 Å². The summed E-state index contributed by atoms with van der Waals surface area (Å²) in [7, 11) is 0. The highest BCUT2D eigenvalue weighted by Gasteiger charge is 2.26. The minimum absolute atomic E-state index is 0.158. The van der Waals surface area contributed by atoms with E-state index in [1.54, 1.807) is 0 Å². The van der Waals surface area contributed by atoms with Gasteiger partial charge in [0.2, 0.25) is 0 Å². The van der Waals surface area contributed by atoms with Gasteiger partial charge in [0, 0.05) is 24.8 Å². The lowest BCUT2D eigenvalue weighted by molar-refractivity contribution is 0.0405. The van der Waals surface area contributed by atoms with Gasteiger partial charge in [0.05, 0.1) is 19.8 Å². The van der Waals surface area contributed by atoms with Crippen molar-refractivity contribution in [1.82, 2.24) is 5.32 Å². The molecule has 4 nitrogen and oxygen atoms in total. The van der Waals surface area contributed by atoms with Crippen molar-refractivity contribution in [3.05, 3.63) is 0 Å². The first-order valence-electron chi connectivity index (χ1n) is 8.14. The molecule has 1 atom stereocenters. The minimum Gasteiger partial charge on any atom is -0.394 e. The van der Waals surface area contributed by atoms with Crippen LogP contribution in [-0.2, 0) is 9.47 Å². The van der Waals surface area contributed by atoms with E-state index < -0.39 is 0 Å². The molecule has 0 saturated heterocycles. The molecule has 0 rings (SSSR count). The Hall–Kier alpha value is -0.160. The third-order valence-electron chi connectivity index (χ3n) is 3.53. The molecule has 0 heterocycles. The number of unbranched alkanes of at least 4 members (excludes halogenated alkanes) is 1. The summed E-state index contributed by atoms with van der Waals surface area (Å²) in [6, 6.07) is 0.384. The minimum atomic E-state index is -0.158. The van der Waals surface area contributed by atoms with Gasteiger partial charge in [0.25, 0.3) is 0 Å². The predicted molar refractivity (Wildman–Crippen MR) is 84.2 cm³/mol. The smallest absolute Gasteiger partial charge is 0.0700 e. The van der Waals surface area contributed by atoms with Crippen LogP contribution >= 0.6 is 0 Å². The molecule has 0 fully saturated rings. The summed E-state index contributed by atoms with van der Waals surface area (Å²) < 4.78 is 11.0. The van der Waals surface area contributed by atoms with Gasteiger partial charge >= 0.3 is 0 Å².